The van der Waals surface area contributed by atoms with E-state index >= 15 is 0 Å². The number of hydrogen-bond donors (Lipinski definition) is 1. The summed E-state index contributed by atoms with van der Waals surface area (Å²) in [5.41, 5.74) is 1.21. The fourth-order valence-corrected chi connectivity index (χ4v) is 1.64. The monoisotopic (exact) mass is 247 g/mol. The number of terminal acetylenes is 1. The minimum Gasteiger partial charge on any atom is -0.490 e. The van der Waals surface area contributed by atoms with Crippen molar-refractivity contribution in [1.29, 1.82) is 0 Å². The van der Waals surface area contributed by atoms with E-state index in [1.54, 1.807) is 0 Å². The molecule has 0 aromatic heterocycles. The van der Waals surface area contributed by atoms with Crippen molar-refractivity contribution >= 4 is 0 Å². The Kier molecular flexibility index (Phi) is 6.75. The predicted octanol–water partition coefficient (Wildman–Crippen LogP) is 2.25. The molecule has 0 unspecified atom stereocenters. The Bertz CT molecular complexity index is 396. The minimum atomic E-state index is 0.606. The topological polar surface area (TPSA) is 30.5 Å². The van der Waals surface area contributed by atoms with Crippen molar-refractivity contribution in [3.8, 4) is 23.8 Å². The van der Waals surface area contributed by atoms with Gasteiger partial charge in [0.2, 0.25) is 0 Å². The van der Waals surface area contributed by atoms with Gasteiger partial charge in [-0.25, -0.2) is 0 Å². The fourth-order valence-electron chi connectivity index (χ4n) is 1.64. The third kappa shape index (κ3) is 4.68. The van der Waals surface area contributed by atoms with E-state index in [-0.39, 0.29) is 0 Å². The summed E-state index contributed by atoms with van der Waals surface area (Å²) in [4.78, 5) is 0. The predicted molar refractivity (Wildman–Crippen MR) is 74.2 cm³/mol. The fraction of sp³-hybridized carbons (Fsp3) is 0.467. The number of rotatable bonds is 8. The SMILES string of the molecule is C#CCNCCc1ccc(OCC)c(OCC)c1. The van der Waals surface area contributed by atoms with E-state index in [0.717, 1.165) is 24.5 Å². The Labute approximate surface area is 109 Å². The first kappa shape index (κ1) is 14.4. The molecule has 0 fully saturated rings. The Balaban J connectivity index is 2.64. The molecule has 18 heavy (non-hydrogen) atoms. The first-order chi connectivity index (χ1) is 8.81. The molecule has 3 heteroatoms. The summed E-state index contributed by atoms with van der Waals surface area (Å²) in [5.74, 6) is 4.17. The van der Waals surface area contributed by atoms with Crippen LogP contribution >= 0.6 is 0 Å². The normalized spacial score (nSPS) is 9.83. The van der Waals surface area contributed by atoms with Crippen LogP contribution in [0.3, 0.4) is 0 Å². The second-order valence-electron chi connectivity index (χ2n) is 3.78. The highest BCUT2D eigenvalue weighted by Crippen LogP contribution is 2.28. The van der Waals surface area contributed by atoms with Crippen molar-refractivity contribution in [1.82, 2.24) is 5.32 Å². The number of nitrogens with one attached hydrogen (secondary N) is 1. The molecule has 0 saturated carbocycles. The van der Waals surface area contributed by atoms with Gasteiger partial charge in [0.1, 0.15) is 0 Å². The number of hydrogen-bond acceptors (Lipinski definition) is 3. The molecule has 0 spiro atoms. The molecule has 0 saturated heterocycles. The Hall–Kier alpha value is -1.66. The van der Waals surface area contributed by atoms with Gasteiger partial charge in [-0.3, -0.25) is 0 Å². The summed E-state index contributed by atoms with van der Waals surface area (Å²) in [6.07, 6.45) is 6.10. The lowest BCUT2D eigenvalue weighted by Gasteiger charge is -2.12. The van der Waals surface area contributed by atoms with Crippen LogP contribution in [-0.2, 0) is 6.42 Å². The van der Waals surface area contributed by atoms with Crippen LogP contribution in [0, 0.1) is 12.3 Å². The highest BCUT2D eigenvalue weighted by Gasteiger charge is 2.05. The summed E-state index contributed by atoms with van der Waals surface area (Å²) < 4.78 is 11.1. The van der Waals surface area contributed by atoms with Crippen molar-refractivity contribution in [2.45, 2.75) is 20.3 Å². The van der Waals surface area contributed by atoms with Gasteiger partial charge in [0.15, 0.2) is 11.5 Å². The molecule has 0 bridgehead atoms. The molecule has 98 valence electrons. The van der Waals surface area contributed by atoms with Crippen LogP contribution < -0.4 is 14.8 Å². The maximum Gasteiger partial charge on any atom is 0.161 e. The quantitative estimate of drug-likeness (QED) is 0.564. The molecule has 0 aliphatic rings. The summed E-state index contributed by atoms with van der Waals surface area (Å²) in [5, 5.41) is 3.17. The second-order valence-corrected chi connectivity index (χ2v) is 3.78. The number of benzene rings is 1. The van der Waals surface area contributed by atoms with E-state index < -0.39 is 0 Å². The van der Waals surface area contributed by atoms with Gasteiger partial charge in [0.25, 0.3) is 0 Å². The maximum atomic E-state index is 5.58. The van der Waals surface area contributed by atoms with E-state index in [9.17, 15) is 0 Å². The zero-order valence-corrected chi connectivity index (χ0v) is 11.2. The minimum absolute atomic E-state index is 0.606. The molecular weight excluding hydrogens is 226 g/mol. The smallest absolute Gasteiger partial charge is 0.161 e. The second kappa shape index (κ2) is 8.43. The third-order valence-electron chi connectivity index (χ3n) is 2.43. The zero-order chi connectivity index (χ0) is 13.2. The van der Waals surface area contributed by atoms with Gasteiger partial charge >= 0.3 is 0 Å². The number of ether oxygens (including phenoxy) is 2. The van der Waals surface area contributed by atoms with Crippen molar-refractivity contribution in [3.63, 3.8) is 0 Å². The highest BCUT2D eigenvalue weighted by atomic mass is 16.5. The Morgan fingerprint density at radius 2 is 1.89 bits per heavy atom. The Morgan fingerprint density at radius 1 is 1.17 bits per heavy atom. The Morgan fingerprint density at radius 3 is 2.56 bits per heavy atom. The summed E-state index contributed by atoms with van der Waals surface area (Å²) in [6.45, 7) is 6.69. The van der Waals surface area contributed by atoms with Crippen LogP contribution in [0.15, 0.2) is 18.2 Å². The first-order valence-electron chi connectivity index (χ1n) is 6.34. The van der Waals surface area contributed by atoms with Gasteiger partial charge in [-0.15, -0.1) is 6.42 Å². The standard InChI is InChI=1S/C15H21NO2/c1-4-10-16-11-9-13-7-8-14(17-5-2)15(12-13)18-6-3/h1,7-8,12,16H,5-6,9-11H2,2-3H3. The van der Waals surface area contributed by atoms with Crippen LogP contribution in [0.1, 0.15) is 19.4 Å². The van der Waals surface area contributed by atoms with Crippen molar-refractivity contribution in [3.05, 3.63) is 23.8 Å². The van der Waals surface area contributed by atoms with Gasteiger partial charge in [0.05, 0.1) is 19.8 Å². The van der Waals surface area contributed by atoms with Crippen LogP contribution in [-0.4, -0.2) is 26.3 Å². The van der Waals surface area contributed by atoms with Gasteiger partial charge in [-0.05, 0) is 38.0 Å². The lowest BCUT2D eigenvalue weighted by Crippen LogP contribution is -2.17. The van der Waals surface area contributed by atoms with Gasteiger partial charge in [-0.1, -0.05) is 12.0 Å². The first-order valence-corrected chi connectivity index (χ1v) is 6.34. The van der Waals surface area contributed by atoms with E-state index in [1.807, 2.05) is 26.0 Å². The van der Waals surface area contributed by atoms with Crippen LogP contribution in [0.25, 0.3) is 0 Å². The maximum absolute atomic E-state index is 5.58. The van der Waals surface area contributed by atoms with E-state index in [2.05, 4.69) is 17.3 Å². The molecular formula is C15H21NO2. The molecule has 1 rings (SSSR count). The molecule has 0 heterocycles. The van der Waals surface area contributed by atoms with Crippen molar-refractivity contribution < 1.29 is 9.47 Å². The molecule has 0 aliphatic carbocycles. The summed E-state index contributed by atoms with van der Waals surface area (Å²) >= 11 is 0. The zero-order valence-electron chi connectivity index (χ0n) is 11.2. The van der Waals surface area contributed by atoms with E-state index in [4.69, 9.17) is 15.9 Å². The molecule has 1 N–H and O–H groups in total. The van der Waals surface area contributed by atoms with Crippen molar-refractivity contribution in [2.24, 2.45) is 0 Å². The van der Waals surface area contributed by atoms with Gasteiger partial charge in [-0.2, -0.15) is 0 Å². The van der Waals surface area contributed by atoms with Crippen LogP contribution in [0.2, 0.25) is 0 Å². The van der Waals surface area contributed by atoms with Crippen LogP contribution in [0.4, 0.5) is 0 Å². The van der Waals surface area contributed by atoms with Gasteiger partial charge in [0, 0.05) is 6.54 Å². The van der Waals surface area contributed by atoms with Crippen molar-refractivity contribution in [2.75, 3.05) is 26.3 Å². The molecule has 0 radical (unpaired) electrons. The largest absolute Gasteiger partial charge is 0.490 e. The average molecular weight is 247 g/mol. The lowest BCUT2D eigenvalue weighted by atomic mass is 10.1. The molecule has 1 aromatic carbocycles. The highest BCUT2D eigenvalue weighted by molar-refractivity contribution is 5.43. The molecule has 0 atom stereocenters. The molecule has 1 aromatic rings. The van der Waals surface area contributed by atoms with Crippen LogP contribution in [0.5, 0.6) is 11.5 Å². The molecule has 0 amide bonds. The van der Waals surface area contributed by atoms with E-state index in [1.165, 1.54) is 5.56 Å². The summed E-state index contributed by atoms with van der Waals surface area (Å²) in [7, 11) is 0. The average Bonchev–Trinajstić information content (AvgIpc) is 2.38. The molecule has 0 aliphatic heterocycles. The van der Waals surface area contributed by atoms with Gasteiger partial charge < -0.3 is 14.8 Å². The third-order valence-corrected chi connectivity index (χ3v) is 2.43. The summed E-state index contributed by atoms with van der Waals surface area (Å²) in [6, 6.07) is 6.06. The lowest BCUT2D eigenvalue weighted by molar-refractivity contribution is 0.287. The molecule has 3 nitrogen and oxygen atoms in total. The van der Waals surface area contributed by atoms with E-state index in [0.29, 0.717) is 19.8 Å².